The van der Waals surface area contributed by atoms with Gasteiger partial charge in [-0.05, 0) is 13.8 Å². The van der Waals surface area contributed by atoms with Crippen LogP contribution in [0, 0.1) is 0 Å². The summed E-state index contributed by atoms with van der Waals surface area (Å²) in [5.74, 6) is -0.0810. The minimum atomic E-state index is -0.460. The first-order valence-corrected chi connectivity index (χ1v) is 6.31. The fourth-order valence-electron chi connectivity index (χ4n) is 1.45. The summed E-state index contributed by atoms with van der Waals surface area (Å²) in [5, 5.41) is 5.70. The molecule has 0 fully saturated rings. The number of hydrogen-bond acceptors (Lipinski definition) is 5. The van der Waals surface area contributed by atoms with Crippen LogP contribution in [0.5, 0.6) is 0 Å². The Balaban J connectivity index is 0. The summed E-state index contributed by atoms with van der Waals surface area (Å²) >= 11 is 1.52. The van der Waals surface area contributed by atoms with Crippen LogP contribution in [-0.2, 0) is 15.1 Å². The Kier molecular flexibility index (Phi) is 10.4. The van der Waals surface area contributed by atoms with E-state index in [-0.39, 0.29) is 43.2 Å². The summed E-state index contributed by atoms with van der Waals surface area (Å²) in [6, 6.07) is 0. The van der Waals surface area contributed by atoms with Gasteiger partial charge in [-0.1, -0.05) is 0 Å². The number of nitrogens with one attached hydrogen (secondary N) is 1. The molecule has 0 aliphatic heterocycles. The summed E-state index contributed by atoms with van der Waals surface area (Å²) in [4.78, 5) is 16.0. The molecule has 1 rings (SSSR count). The third-order valence-electron chi connectivity index (χ3n) is 2.43. The fraction of sp³-hybridized carbons (Fsp3) is 0.636. The zero-order valence-electron chi connectivity index (χ0n) is 11.2. The summed E-state index contributed by atoms with van der Waals surface area (Å²) in [6.45, 7) is 4.18. The van der Waals surface area contributed by atoms with Crippen LogP contribution in [0.15, 0.2) is 11.6 Å². The van der Waals surface area contributed by atoms with E-state index in [1.54, 1.807) is 13.3 Å². The Morgan fingerprint density at radius 2 is 2.21 bits per heavy atom. The minimum Gasteiger partial charge on any atom is -0.380 e. The molecule has 3 N–H and O–H groups in total. The number of methoxy groups -OCH3 is 1. The van der Waals surface area contributed by atoms with E-state index >= 15 is 0 Å². The monoisotopic (exact) mass is 329 g/mol. The van der Waals surface area contributed by atoms with Crippen molar-refractivity contribution in [2.45, 2.75) is 31.9 Å². The number of halogens is 2. The quantitative estimate of drug-likeness (QED) is 0.832. The lowest BCUT2D eigenvalue weighted by Gasteiger charge is -2.24. The van der Waals surface area contributed by atoms with Crippen molar-refractivity contribution in [2.75, 3.05) is 13.7 Å². The first-order valence-electron chi connectivity index (χ1n) is 5.43. The van der Waals surface area contributed by atoms with Crippen molar-refractivity contribution in [1.82, 2.24) is 10.3 Å². The molecule has 0 saturated carbocycles. The highest BCUT2D eigenvalue weighted by atomic mass is 35.5. The molecular formula is C11H21Cl2N3O2S. The molecule has 19 heavy (non-hydrogen) atoms. The Morgan fingerprint density at radius 3 is 2.63 bits per heavy atom. The van der Waals surface area contributed by atoms with E-state index < -0.39 is 5.54 Å². The van der Waals surface area contributed by atoms with E-state index in [4.69, 9.17) is 10.5 Å². The first kappa shape index (κ1) is 20.9. The summed E-state index contributed by atoms with van der Waals surface area (Å²) in [6.07, 6.45) is 1.76. The zero-order valence-corrected chi connectivity index (χ0v) is 13.7. The Labute approximate surface area is 130 Å². The lowest BCUT2D eigenvalue weighted by atomic mass is 10.1. The maximum atomic E-state index is 11.8. The van der Waals surface area contributed by atoms with Crippen molar-refractivity contribution in [3.63, 3.8) is 0 Å². The number of thiazole rings is 1. The molecule has 0 radical (unpaired) electrons. The lowest BCUT2D eigenvalue weighted by Crippen LogP contribution is -2.43. The highest BCUT2D eigenvalue weighted by Gasteiger charge is 2.26. The number of carbonyl (C=O) groups is 1. The molecule has 0 aromatic carbocycles. The zero-order chi connectivity index (χ0) is 12.9. The van der Waals surface area contributed by atoms with Crippen molar-refractivity contribution in [3.8, 4) is 0 Å². The third kappa shape index (κ3) is 6.54. The number of nitrogens with two attached hydrogens (primary N) is 1. The highest BCUT2D eigenvalue weighted by molar-refractivity contribution is 7.09. The standard InChI is InChI=1S/C11H19N3O2S.2ClH/c1-11(2,10-13-4-5-17-10)14-9(15)6-8(7-12)16-3;;/h4-5,8H,6-7,12H2,1-3H3,(H,14,15);2*1H. The van der Waals surface area contributed by atoms with E-state index in [2.05, 4.69) is 10.3 Å². The average molecular weight is 330 g/mol. The number of carbonyl (C=O) groups excluding carboxylic acids is 1. The highest BCUT2D eigenvalue weighted by Crippen LogP contribution is 2.22. The molecule has 1 amide bonds. The second-order valence-corrected chi connectivity index (χ2v) is 5.20. The topological polar surface area (TPSA) is 77.2 Å². The van der Waals surface area contributed by atoms with Gasteiger partial charge in [-0.25, -0.2) is 4.98 Å². The predicted octanol–water partition coefficient (Wildman–Crippen LogP) is 1.70. The van der Waals surface area contributed by atoms with Gasteiger partial charge in [-0.15, -0.1) is 36.2 Å². The number of aromatic nitrogens is 1. The molecule has 1 atom stereocenters. The molecule has 5 nitrogen and oxygen atoms in total. The van der Waals surface area contributed by atoms with Crippen molar-refractivity contribution < 1.29 is 9.53 Å². The summed E-state index contributed by atoms with van der Waals surface area (Å²) in [7, 11) is 1.55. The van der Waals surface area contributed by atoms with Gasteiger partial charge in [-0.2, -0.15) is 0 Å². The third-order valence-corrected chi connectivity index (χ3v) is 3.52. The van der Waals surface area contributed by atoms with Crippen molar-refractivity contribution in [3.05, 3.63) is 16.6 Å². The van der Waals surface area contributed by atoms with E-state index in [1.807, 2.05) is 19.2 Å². The fourth-order valence-corrected chi connectivity index (χ4v) is 2.17. The maximum Gasteiger partial charge on any atom is 0.223 e. The normalized spacial score (nSPS) is 12.0. The van der Waals surface area contributed by atoms with Gasteiger partial charge >= 0.3 is 0 Å². The molecule has 1 aromatic rings. The van der Waals surface area contributed by atoms with Gasteiger partial charge in [0.05, 0.1) is 18.1 Å². The van der Waals surface area contributed by atoms with Gasteiger partial charge in [0.15, 0.2) is 0 Å². The van der Waals surface area contributed by atoms with Crippen LogP contribution in [0.3, 0.4) is 0 Å². The maximum absolute atomic E-state index is 11.8. The van der Waals surface area contributed by atoms with Gasteiger partial charge in [0.25, 0.3) is 0 Å². The van der Waals surface area contributed by atoms with Crippen molar-refractivity contribution >= 4 is 42.1 Å². The van der Waals surface area contributed by atoms with Crippen LogP contribution in [0.4, 0.5) is 0 Å². The Hall–Kier alpha value is -0.400. The van der Waals surface area contributed by atoms with E-state index in [0.29, 0.717) is 6.54 Å². The van der Waals surface area contributed by atoms with Crippen LogP contribution in [-0.4, -0.2) is 30.6 Å². The Morgan fingerprint density at radius 1 is 1.58 bits per heavy atom. The molecule has 0 bridgehead atoms. The molecule has 0 aliphatic rings. The molecule has 0 aliphatic carbocycles. The lowest BCUT2D eigenvalue weighted by molar-refractivity contribution is -0.125. The van der Waals surface area contributed by atoms with Crippen LogP contribution in [0.1, 0.15) is 25.3 Å². The van der Waals surface area contributed by atoms with Gasteiger partial charge in [0, 0.05) is 25.2 Å². The summed E-state index contributed by atoms with van der Waals surface area (Å²) < 4.78 is 5.08. The van der Waals surface area contributed by atoms with Gasteiger partial charge in [0.2, 0.25) is 5.91 Å². The molecule has 1 aromatic heterocycles. The number of ether oxygens (including phenoxy) is 1. The largest absolute Gasteiger partial charge is 0.380 e. The van der Waals surface area contributed by atoms with Crippen LogP contribution in [0.25, 0.3) is 0 Å². The number of nitrogens with zero attached hydrogens (tertiary/aromatic N) is 1. The number of hydrogen-bond donors (Lipinski definition) is 2. The van der Waals surface area contributed by atoms with Crippen LogP contribution in [0.2, 0.25) is 0 Å². The van der Waals surface area contributed by atoms with Gasteiger partial charge in [0.1, 0.15) is 5.01 Å². The first-order chi connectivity index (χ1) is 7.99. The molecule has 8 heteroatoms. The average Bonchev–Trinajstić information content (AvgIpc) is 2.79. The Bertz CT molecular complexity index is 357. The molecule has 1 heterocycles. The van der Waals surface area contributed by atoms with Gasteiger partial charge < -0.3 is 15.8 Å². The smallest absolute Gasteiger partial charge is 0.223 e. The SMILES string of the molecule is COC(CN)CC(=O)NC(C)(C)c1nccs1.Cl.Cl. The molecule has 0 spiro atoms. The predicted molar refractivity (Wildman–Crippen MR) is 82.2 cm³/mol. The molecular weight excluding hydrogens is 309 g/mol. The van der Waals surface area contributed by atoms with E-state index in [9.17, 15) is 4.79 Å². The minimum absolute atomic E-state index is 0. The number of rotatable bonds is 6. The summed E-state index contributed by atoms with van der Waals surface area (Å²) in [5.41, 5.74) is 5.01. The van der Waals surface area contributed by atoms with Crippen molar-refractivity contribution in [2.24, 2.45) is 5.73 Å². The molecule has 1 unspecified atom stereocenters. The van der Waals surface area contributed by atoms with E-state index in [1.165, 1.54) is 11.3 Å². The van der Waals surface area contributed by atoms with Gasteiger partial charge in [-0.3, -0.25) is 4.79 Å². The molecule has 112 valence electrons. The van der Waals surface area contributed by atoms with Crippen molar-refractivity contribution in [1.29, 1.82) is 0 Å². The number of amides is 1. The van der Waals surface area contributed by atoms with Crippen LogP contribution >= 0.6 is 36.2 Å². The van der Waals surface area contributed by atoms with E-state index in [0.717, 1.165) is 5.01 Å². The van der Waals surface area contributed by atoms with Crippen LogP contribution < -0.4 is 11.1 Å². The second kappa shape index (κ2) is 9.50. The second-order valence-electron chi connectivity index (χ2n) is 4.31. The molecule has 0 saturated heterocycles.